The van der Waals surface area contributed by atoms with Crippen molar-refractivity contribution in [1.82, 2.24) is 0 Å². The van der Waals surface area contributed by atoms with E-state index in [1.165, 1.54) is 38.5 Å². The first-order valence-corrected chi connectivity index (χ1v) is 8.08. The zero-order valence-corrected chi connectivity index (χ0v) is 15.0. The summed E-state index contributed by atoms with van der Waals surface area (Å²) in [4.78, 5) is 22.9. The van der Waals surface area contributed by atoms with Crippen molar-refractivity contribution in [1.29, 1.82) is 0 Å². The highest BCUT2D eigenvalue weighted by atomic mass is 16.5. The first-order chi connectivity index (χ1) is 12.9. The van der Waals surface area contributed by atoms with Crippen molar-refractivity contribution < 1.29 is 29.3 Å². The molecule has 2 rings (SSSR count). The topological polar surface area (TPSA) is 93.1 Å². The molecule has 0 saturated carbocycles. The smallest absolute Gasteiger partial charge is 0.220 e. The number of ether oxygens (including phenoxy) is 2. The molecule has 0 atom stereocenters. The van der Waals surface area contributed by atoms with Gasteiger partial charge in [0.15, 0.2) is 11.5 Å². The van der Waals surface area contributed by atoms with Crippen LogP contribution in [0, 0.1) is 0 Å². The Morgan fingerprint density at radius 3 is 1.59 bits per heavy atom. The standard InChI is InChI=1S/C21H20O6/c1-26-20-11-14(5-9-18(20)24)3-7-16(22)13-17(23)8-4-15-6-10-19(25)21(12-15)27-2/h3-12,22-23H,13H2,1-2H3/b14-3-,15-4+,16-7-,17-8-. The molecule has 0 aromatic carbocycles. The molecule has 2 N–H and O–H groups in total. The summed E-state index contributed by atoms with van der Waals surface area (Å²) < 4.78 is 9.91. The molecular weight excluding hydrogens is 348 g/mol. The SMILES string of the molecule is COC1=C/C(=C\C=C(/O)C/C(O)=C/C=C2\C=CC(=O)C(OC)=C2)C=CC1=O. The van der Waals surface area contributed by atoms with Crippen LogP contribution in [0.15, 0.2) is 94.9 Å². The van der Waals surface area contributed by atoms with Crippen molar-refractivity contribution >= 4 is 11.6 Å². The number of allylic oxidation sites excluding steroid dienone is 12. The minimum absolute atomic E-state index is 0.0604. The van der Waals surface area contributed by atoms with Crippen LogP contribution in [0.2, 0.25) is 0 Å². The summed E-state index contributed by atoms with van der Waals surface area (Å²) in [5.74, 6) is -0.132. The molecule has 6 heteroatoms. The lowest BCUT2D eigenvalue weighted by atomic mass is 10.1. The molecule has 6 nitrogen and oxygen atoms in total. The Labute approximate surface area is 157 Å². The van der Waals surface area contributed by atoms with E-state index in [9.17, 15) is 19.8 Å². The lowest BCUT2D eigenvalue weighted by Crippen LogP contribution is -2.04. The van der Waals surface area contributed by atoms with Crippen molar-refractivity contribution in [3.05, 3.63) is 94.9 Å². The number of aliphatic hydroxyl groups is 2. The fraction of sp³-hybridized carbons (Fsp3) is 0.143. The van der Waals surface area contributed by atoms with Gasteiger partial charge in [0.2, 0.25) is 11.6 Å². The van der Waals surface area contributed by atoms with Crippen LogP contribution < -0.4 is 0 Å². The molecular formula is C21H20O6. The van der Waals surface area contributed by atoms with E-state index in [1.807, 2.05) is 0 Å². The number of aliphatic hydroxyl groups excluding tert-OH is 2. The average Bonchev–Trinajstić information content (AvgIpc) is 2.66. The number of rotatable bonds is 6. The largest absolute Gasteiger partial charge is 0.512 e. The number of carbonyl (C=O) groups is 2. The Morgan fingerprint density at radius 1 is 0.815 bits per heavy atom. The molecule has 0 saturated heterocycles. The highest BCUT2D eigenvalue weighted by Crippen LogP contribution is 2.16. The van der Waals surface area contributed by atoms with Crippen LogP contribution in [-0.2, 0) is 19.1 Å². The zero-order valence-electron chi connectivity index (χ0n) is 15.0. The van der Waals surface area contributed by atoms with Crippen LogP contribution >= 0.6 is 0 Å². The Kier molecular flexibility index (Phi) is 6.77. The van der Waals surface area contributed by atoms with E-state index in [0.29, 0.717) is 11.1 Å². The van der Waals surface area contributed by atoms with Crippen LogP contribution in [0.1, 0.15) is 6.42 Å². The summed E-state index contributed by atoms with van der Waals surface area (Å²) in [6.45, 7) is 0. The van der Waals surface area contributed by atoms with Gasteiger partial charge in [-0.1, -0.05) is 24.3 Å². The van der Waals surface area contributed by atoms with Crippen LogP contribution in [0.5, 0.6) is 0 Å². The molecule has 0 spiro atoms. The van der Waals surface area contributed by atoms with Gasteiger partial charge in [0, 0.05) is 0 Å². The van der Waals surface area contributed by atoms with Gasteiger partial charge in [0.05, 0.1) is 32.2 Å². The van der Waals surface area contributed by atoms with Gasteiger partial charge in [0.25, 0.3) is 0 Å². The summed E-state index contributed by atoms with van der Waals surface area (Å²) in [5.41, 5.74) is 1.36. The lowest BCUT2D eigenvalue weighted by molar-refractivity contribution is -0.114. The van der Waals surface area contributed by atoms with Gasteiger partial charge in [-0.15, -0.1) is 0 Å². The van der Waals surface area contributed by atoms with Crippen LogP contribution in [0.3, 0.4) is 0 Å². The first kappa shape index (κ1) is 19.8. The minimum atomic E-state index is -0.222. The van der Waals surface area contributed by atoms with E-state index in [4.69, 9.17) is 9.47 Å². The maximum atomic E-state index is 11.5. The highest BCUT2D eigenvalue weighted by molar-refractivity contribution is 6.05. The molecule has 0 aromatic rings. The van der Waals surface area contributed by atoms with Crippen molar-refractivity contribution in [3.63, 3.8) is 0 Å². The van der Waals surface area contributed by atoms with E-state index in [1.54, 1.807) is 36.5 Å². The quantitative estimate of drug-likeness (QED) is 0.698. The summed E-state index contributed by atoms with van der Waals surface area (Å²) in [6.07, 6.45) is 15.1. The predicted molar refractivity (Wildman–Crippen MR) is 101 cm³/mol. The fourth-order valence-electron chi connectivity index (χ4n) is 2.26. The Morgan fingerprint density at radius 2 is 1.22 bits per heavy atom. The monoisotopic (exact) mass is 368 g/mol. The molecule has 0 heterocycles. The van der Waals surface area contributed by atoms with Gasteiger partial charge in [0.1, 0.15) is 0 Å². The number of methoxy groups -OCH3 is 2. The van der Waals surface area contributed by atoms with E-state index >= 15 is 0 Å². The van der Waals surface area contributed by atoms with Crippen LogP contribution in [0.4, 0.5) is 0 Å². The second-order valence-corrected chi connectivity index (χ2v) is 5.65. The second-order valence-electron chi connectivity index (χ2n) is 5.65. The van der Waals surface area contributed by atoms with Gasteiger partial charge in [-0.05, 0) is 47.6 Å². The molecule has 0 fully saturated rings. The van der Waals surface area contributed by atoms with Gasteiger partial charge >= 0.3 is 0 Å². The Bertz CT molecular complexity index is 800. The molecule has 2 aliphatic carbocycles. The number of hydrogen-bond donors (Lipinski definition) is 2. The Hall–Kier alpha value is -3.54. The molecule has 0 bridgehead atoms. The summed E-state index contributed by atoms with van der Waals surface area (Å²) in [7, 11) is 2.82. The van der Waals surface area contributed by atoms with E-state index < -0.39 is 0 Å². The lowest BCUT2D eigenvalue weighted by Gasteiger charge is -2.07. The van der Waals surface area contributed by atoms with Crippen molar-refractivity contribution in [2.45, 2.75) is 6.42 Å². The van der Waals surface area contributed by atoms with E-state index in [-0.39, 0.29) is 41.0 Å². The number of carbonyl (C=O) groups excluding carboxylic acids is 2. The molecule has 0 aliphatic heterocycles. The second kappa shape index (κ2) is 9.24. The molecule has 0 amide bonds. The molecule has 0 aromatic heterocycles. The van der Waals surface area contributed by atoms with Crippen molar-refractivity contribution in [2.75, 3.05) is 14.2 Å². The maximum Gasteiger partial charge on any atom is 0.220 e. The van der Waals surface area contributed by atoms with Crippen molar-refractivity contribution in [3.8, 4) is 0 Å². The predicted octanol–water partition coefficient (Wildman–Crippen LogP) is 3.45. The molecule has 27 heavy (non-hydrogen) atoms. The average molecular weight is 368 g/mol. The van der Waals surface area contributed by atoms with Gasteiger partial charge in [-0.2, -0.15) is 0 Å². The third kappa shape index (κ3) is 5.74. The zero-order chi connectivity index (χ0) is 19.8. The molecule has 140 valence electrons. The third-order valence-corrected chi connectivity index (χ3v) is 3.67. The van der Waals surface area contributed by atoms with E-state index in [0.717, 1.165) is 0 Å². The van der Waals surface area contributed by atoms with E-state index in [2.05, 4.69) is 0 Å². The van der Waals surface area contributed by atoms with Gasteiger partial charge < -0.3 is 19.7 Å². The summed E-state index contributed by atoms with van der Waals surface area (Å²) in [6, 6.07) is 0. The molecule has 2 aliphatic rings. The summed E-state index contributed by atoms with van der Waals surface area (Å²) in [5, 5.41) is 19.9. The van der Waals surface area contributed by atoms with Gasteiger partial charge in [-0.3, -0.25) is 9.59 Å². The molecule has 0 radical (unpaired) electrons. The van der Waals surface area contributed by atoms with Crippen molar-refractivity contribution in [2.24, 2.45) is 0 Å². The maximum absolute atomic E-state index is 11.5. The molecule has 0 unspecified atom stereocenters. The Balaban J connectivity index is 2.04. The number of hydrogen-bond acceptors (Lipinski definition) is 6. The summed E-state index contributed by atoms with van der Waals surface area (Å²) >= 11 is 0. The van der Waals surface area contributed by atoms with Crippen LogP contribution in [0.25, 0.3) is 0 Å². The van der Waals surface area contributed by atoms with Crippen LogP contribution in [-0.4, -0.2) is 36.0 Å². The minimum Gasteiger partial charge on any atom is -0.512 e. The van der Waals surface area contributed by atoms with Gasteiger partial charge in [-0.25, -0.2) is 0 Å². The number of ketones is 2. The highest BCUT2D eigenvalue weighted by Gasteiger charge is 2.11. The first-order valence-electron chi connectivity index (χ1n) is 8.08. The fourth-order valence-corrected chi connectivity index (χ4v) is 2.26. The normalized spacial score (nSPS) is 20.8. The third-order valence-electron chi connectivity index (χ3n) is 3.67.